The van der Waals surface area contributed by atoms with Gasteiger partial charge in [-0.05, 0) is 46.2 Å². The number of fused-ring (bicyclic) bond motifs is 1. The first-order valence-electron chi connectivity index (χ1n) is 12.0. The van der Waals surface area contributed by atoms with Crippen LogP contribution in [-0.4, -0.2) is 68.8 Å². The van der Waals surface area contributed by atoms with Crippen LogP contribution >= 0.6 is 11.3 Å². The fourth-order valence-corrected chi connectivity index (χ4v) is 6.60. The van der Waals surface area contributed by atoms with Gasteiger partial charge in [0, 0.05) is 52.7 Å². The molecule has 0 unspecified atom stereocenters. The van der Waals surface area contributed by atoms with Crippen molar-refractivity contribution in [3.63, 3.8) is 0 Å². The van der Waals surface area contributed by atoms with Gasteiger partial charge in [-0.2, -0.15) is 10.2 Å². The largest absolute Gasteiger partial charge is 0.320 e. The first kappa shape index (κ1) is 25.5. The van der Waals surface area contributed by atoms with Crippen molar-refractivity contribution < 1.29 is 16.1 Å². The maximum absolute atomic E-state index is 13.2. The number of pyridine rings is 1. The van der Waals surface area contributed by atoms with Crippen LogP contribution in [-0.2, 0) is 17.1 Å². The van der Waals surface area contributed by atoms with Gasteiger partial charge in [0.15, 0.2) is 0 Å². The number of sulfonamides is 1. The number of carbonyl (C=O) groups excluding carboxylic acids is 1. The summed E-state index contributed by atoms with van der Waals surface area (Å²) in [6.07, 6.45) is 10.5. The lowest BCUT2D eigenvalue weighted by Crippen LogP contribution is -2.42. The van der Waals surface area contributed by atoms with Gasteiger partial charge in [-0.25, -0.2) is 17.7 Å². The molecule has 37 heavy (non-hydrogen) atoms. The van der Waals surface area contributed by atoms with Gasteiger partial charge in [0.1, 0.15) is 9.73 Å². The molecule has 1 aliphatic heterocycles. The van der Waals surface area contributed by atoms with E-state index in [1.54, 1.807) is 22.3 Å². The molecular weight excluding hydrogens is 512 g/mol. The molecule has 2 N–H and O–H groups in total. The molecule has 1 aliphatic rings. The Labute approximate surface area is 222 Å². The van der Waals surface area contributed by atoms with Crippen LogP contribution in [0, 0.1) is 6.92 Å². The molecule has 0 aromatic carbocycles. The van der Waals surface area contributed by atoms with Gasteiger partial charge in [-0.3, -0.25) is 19.4 Å². The highest BCUT2D eigenvalue weighted by molar-refractivity contribution is 7.89. The highest BCUT2D eigenvalue weighted by Gasteiger charge is 2.31. The summed E-state index contributed by atoms with van der Waals surface area (Å²) in [5.74, 6) is -0.391. The van der Waals surface area contributed by atoms with Crippen LogP contribution in [0.5, 0.6) is 0 Å². The van der Waals surface area contributed by atoms with Crippen LogP contribution in [0.3, 0.4) is 0 Å². The Morgan fingerprint density at radius 2 is 2.03 bits per heavy atom. The summed E-state index contributed by atoms with van der Waals surface area (Å²) >= 11 is 1.43. The average molecular weight is 547 g/mol. The minimum absolute atomic E-state index is 0. The lowest BCUT2D eigenvalue weighted by molar-refractivity contribution is 0.102. The molecule has 4 aromatic rings. The van der Waals surface area contributed by atoms with Crippen molar-refractivity contribution >= 4 is 37.8 Å². The van der Waals surface area contributed by atoms with E-state index < -0.39 is 15.9 Å². The number of anilines is 1. The highest BCUT2D eigenvalue weighted by atomic mass is 32.2. The molecule has 1 saturated heterocycles. The molecular formula is C24H34N8O3S2. The van der Waals surface area contributed by atoms with Crippen LogP contribution in [0.25, 0.3) is 15.3 Å². The van der Waals surface area contributed by atoms with Crippen molar-refractivity contribution in [3.8, 4) is 10.4 Å². The summed E-state index contributed by atoms with van der Waals surface area (Å²) in [5, 5.41) is 11.3. The van der Waals surface area contributed by atoms with Gasteiger partial charge in [0.05, 0.1) is 34.2 Å². The van der Waals surface area contributed by atoms with E-state index in [9.17, 15) is 13.2 Å². The van der Waals surface area contributed by atoms with E-state index in [-0.39, 0.29) is 13.3 Å². The molecule has 0 bridgehead atoms. The molecule has 4 aromatic heterocycles. The van der Waals surface area contributed by atoms with Crippen molar-refractivity contribution in [1.29, 1.82) is 0 Å². The van der Waals surface area contributed by atoms with Crippen molar-refractivity contribution in [2.24, 2.45) is 7.05 Å². The fraction of sp³-hybridized carbons (Fsp3) is 0.417. The maximum Gasteiger partial charge on any atom is 0.260 e. The van der Waals surface area contributed by atoms with Crippen molar-refractivity contribution in [3.05, 3.63) is 48.3 Å². The monoisotopic (exact) mass is 546 g/mol. The van der Waals surface area contributed by atoms with Gasteiger partial charge in [-0.1, -0.05) is 0 Å². The topological polar surface area (TPSA) is 127 Å². The van der Waals surface area contributed by atoms with E-state index in [2.05, 4.69) is 44.0 Å². The lowest BCUT2D eigenvalue weighted by Gasteiger charge is -2.31. The van der Waals surface area contributed by atoms with E-state index in [0.29, 0.717) is 34.9 Å². The van der Waals surface area contributed by atoms with Gasteiger partial charge < -0.3 is 5.32 Å². The SMILES string of the molecule is Cc1ncc(S(=O)(=O)NCCN2CCCC2(C)C)cc1NC(=O)c1cnn2cc(-c3cnn(C)c3)sc12.[HH].[HH]. The summed E-state index contributed by atoms with van der Waals surface area (Å²) in [7, 11) is -1.95. The first-order valence-corrected chi connectivity index (χ1v) is 14.3. The zero-order chi connectivity index (χ0) is 26.4. The van der Waals surface area contributed by atoms with E-state index in [1.807, 2.05) is 19.4 Å². The number of likely N-dealkylation sites (tertiary alicyclic amines) is 1. The average Bonchev–Trinajstić information content (AvgIpc) is 3.59. The molecule has 0 spiro atoms. The predicted molar refractivity (Wildman–Crippen MR) is 147 cm³/mol. The molecule has 200 valence electrons. The van der Waals surface area contributed by atoms with E-state index in [1.165, 1.54) is 29.8 Å². The Hall–Kier alpha value is -3.13. The molecule has 13 heteroatoms. The number of rotatable bonds is 8. The molecule has 5 heterocycles. The van der Waals surface area contributed by atoms with Gasteiger partial charge in [0.2, 0.25) is 10.0 Å². The standard InChI is InChI=1S/C24H30N8O3S2.2H2/c1-16-20(10-18(12-25-16)37(34,35)28-7-9-31-8-5-6-24(31,2)3)29-22(33)19-13-27-32-15-21(36-23(19)32)17-11-26-30(4)14-17;;/h10-15,28H,5-9H2,1-4H3,(H,29,33);2*1H. The van der Waals surface area contributed by atoms with Gasteiger partial charge >= 0.3 is 0 Å². The Kier molecular flexibility index (Phi) is 6.64. The minimum Gasteiger partial charge on any atom is -0.320 e. The normalized spacial score (nSPS) is 16.0. The number of carbonyl (C=O) groups is 1. The number of thiazole rings is 1. The first-order chi connectivity index (χ1) is 17.5. The zero-order valence-corrected chi connectivity index (χ0v) is 22.9. The van der Waals surface area contributed by atoms with Crippen molar-refractivity contribution in [2.75, 3.05) is 25.0 Å². The van der Waals surface area contributed by atoms with E-state index >= 15 is 0 Å². The van der Waals surface area contributed by atoms with Crippen LogP contribution < -0.4 is 10.0 Å². The van der Waals surface area contributed by atoms with Crippen molar-refractivity contribution in [2.45, 2.75) is 44.0 Å². The second kappa shape index (κ2) is 9.63. The molecule has 5 rings (SSSR count). The molecule has 0 aliphatic carbocycles. The van der Waals surface area contributed by atoms with Crippen LogP contribution in [0.1, 0.15) is 45.6 Å². The summed E-state index contributed by atoms with van der Waals surface area (Å²) in [6, 6.07) is 1.44. The summed E-state index contributed by atoms with van der Waals surface area (Å²) in [5.41, 5.74) is 2.24. The third-order valence-corrected chi connectivity index (χ3v) is 9.39. The summed E-state index contributed by atoms with van der Waals surface area (Å²) < 4.78 is 32.0. The molecule has 1 fully saturated rings. The third kappa shape index (κ3) is 5.17. The highest BCUT2D eigenvalue weighted by Crippen LogP contribution is 2.31. The predicted octanol–water partition coefficient (Wildman–Crippen LogP) is 3.40. The summed E-state index contributed by atoms with van der Waals surface area (Å²) in [4.78, 5) is 21.3. The smallest absolute Gasteiger partial charge is 0.260 e. The molecule has 0 atom stereocenters. The lowest BCUT2D eigenvalue weighted by atomic mass is 10.0. The second-order valence-corrected chi connectivity index (χ2v) is 12.7. The maximum atomic E-state index is 13.2. The number of aryl methyl sites for hydroxylation is 2. The number of hydrogen-bond acceptors (Lipinski definition) is 8. The number of hydrogen-bond donors (Lipinski definition) is 2. The molecule has 1 amide bonds. The molecule has 0 saturated carbocycles. The fourth-order valence-electron chi connectivity index (χ4n) is 4.58. The zero-order valence-electron chi connectivity index (χ0n) is 21.2. The Morgan fingerprint density at radius 1 is 1.22 bits per heavy atom. The Morgan fingerprint density at radius 3 is 2.73 bits per heavy atom. The van der Waals surface area contributed by atoms with Crippen LogP contribution in [0.4, 0.5) is 5.69 Å². The quantitative estimate of drug-likeness (QED) is 0.347. The Bertz CT molecular complexity index is 1580. The Balaban J connectivity index is 0.00000210. The number of nitrogens with one attached hydrogen (secondary N) is 2. The van der Waals surface area contributed by atoms with Crippen LogP contribution in [0.2, 0.25) is 0 Å². The number of nitrogens with zero attached hydrogens (tertiary/aromatic N) is 6. The third-order valence-electron chi connectivity index (χ3n) is 6.80. The van der Waals surface area contributed by atoms with Gasteiger partial charge in [0.25, 0.3) is 5.91 Å². The van der Waals surface area contributed by atoms with Crippen molar-refractivity contribution in [1.82, 2.24) is 34.0 Å². The van der Waals surface area contributed by atoms with E-state index in [4.69, 9.17) is 0 Å². The molecule has 11 nitrogen and oxygen atoms in total. The van der Waals surface area contributed by atoms with Crippen LogP contribution in [0.15, 0.2) is 41.9 Å². The van der Waals surface area contributed by atoms with Gasteiger partial charge in [-0.15, -0.1) is 11.3 Å². The second-order valence-electron chi connectivity index (χ2n) is 9.86. The van der Waals surface area contributed by atoms with E-state index in [0.717, 1.165) is 29.8 Å². The minimum atomic E-state index is -3.79. The number of aromatic nitrogens is 5. The number of amides is 1. The molecule has 0 radical (unpaired) electrons. The summed E-state index contributed by atoms with van der Waals surface area (Å²) in [6.45, 7) is 7.97.